The summed E-state index contributed by atoms with van der Waals surface area (Å²) in [6.07, 6.45) is 0. The second kappa shape index (κ2) is 12.3. The standard InChI is InChI=1S/C36H54N2O4/c1-33(2,3)25-13-15-29(27(21-25)35(7,8)9)41-23-31(39)37-17-19-38(20-18-37)32(40)24-42-30-16-14-26(34(4,5)6)22-28(30)36(10,11)12/h13-16,21-22H,17-20,23-24H2,1-12H3. The number of amides is 2. The summed E-state index contributed by atoms with van der Waals surface area (Å²) >= 11 is 0. The average molecular weight is 579 g/mol. The molecule has 42 heavy (non-hydrogen) atoms. The summed E-state index contributed by atoms with van der Waals surface area (Å²) in [7, 11) is 0. The van der Waals surface area contributed by atoms with Gasteiger partial charge in [-0.15, -0.1) is 0 Å². The van der Waals surface area contributed by atoms with Gasteiger partial charge in [0.15, 0.2) is 13.2 Å². The fraction of sp³-hybridized carbons (Fsp3) is 0.611. The van der Waals surface area contributed by atoms with E-state index in [1.807, 2.05) is 12.1 Å². The van der Waals surface area contributed by atoms with Crippen molar-refractivity contribution < 1.29 is 19.1 Å². The highest BCUT2D eigenvalue weighted by atomic mass is 16.5. The molecule has 0 unspecified atom stereocenters. The van der Waals surface area contributed by atoms with Crippen LogP contribution in [-0.4, -0.2) is 61.0 Å². The van der Waals surface area contributed by atoms with Gasteiger partial charge in [-0.3, -0.25) is 9.59 Å². The molecule has 6 nitrogen and oxygen atoms in total. The molecule has 0 N–H and O–H groups in total. The van der Waals surface area contributed by atoms with Crippen LogP contribution >= 0.6 is 0 Å². The Hall–Kier alpha value is -3.02. The number of benzene rings is 2. The number of carbonyl (C=O) groups is 2. The molecule has 1 fully saturated rings. The molecule has 0 aliphatic carbocycles. The first-order chi connectivity index (χ1) is 19.2. The molecule has 1 saturated heterocycles. The Morgan fingerprint density at radius 1 is 0.548 bits per heavy atom. The van der Waals surface area contributed by atoms with Crippen molar-refractivity contribution in [2.45, 2.75) is 105 Å². The Kier molecular flexibility index (Phi) is 9.81. The van der Waals surface area contributed by atoms with Crippen molar-refractivity contribution in [1.29, 1.82) is 0 Å². The normalized spacial score (nSPS) is 15.0. The quantitative estimate of drug-likeness (QED) is 0.370. The minimum absolute atomic E-state index is 0.0187. The van der Waals surface area contributed by atoms with Crippen LogP contribution in [-0.2, 0) is 31.2 Å². The highest BCUT2D eigenvalue weighted by Crippen LogP contribution is 2.37. The van der Waals surface area contributed by atoms with Crippen LogP contribution in [0.25, 0.3) is 0 Å². The summed E-state index contributed by atoms with van der Waals surface area (Å²) in [6.45, 7) is 28.0. The summed E-state index contributed by atoms with van der Waals surface area (Å²) in [5.74, 6) is 1.37. The number of rotatable bonds is 6. The molecule has 1 aliphatic rings. The van der Waals surface area contributed by atoms with E-state index in [0.29, 0.717) is 26.2 Å². The Bertz CT molecular complexity index is 1160. The van der Waals surface area contributed by atoms with Gasteiger partial charge in [0.05, 0.1) is 0 Å². The summed E-state index contributed by atoms with van der Waals surface area (Å²) in [4.78, 5) is 29.7. The lowest BCUT2D eigenvalue weighted by molar-refractivity contribution is -0.141. The highest BCUT2D eigenvalue weighted by molar-refractivity contribution is 5.80. The molecule has 1 aliphatic heterocycles. The van der Waals surface area contributed by atoms with Gasteiger partial charge in [0.1, 0.15) is 11.5 Å². The Morgan fingerprint density at radius 2 is 0.857 bits per heavy atom. The highest BCUT2D eigenvalue weighted by Gasteiger charge is 2.28. The number of hydrogen-bond acceptors (Lipinski definition) is 4. The molecule has 2 aromatic rings. The lowest BCUT2D eigenvalue weighted by Crippen LogP contribution is -2.52. The molecular formula is C36H54N2O4. The molecule has 0 aromatic heterocycles. The van der Waals surface area contributed by atoms with Crippen LogP contribution in [0.2, 0.25) is 0 Å². The van der Waals surface area contributed by atoms with Crippen LogP contribution in [0.15, 0.2) is 36.4 Å². The molecule has 0 saturated carbocycles. The second-order valence-electron chi connectivity index (χ2n) is 15.8. The molecule has 2 aromatic carbocycles. The van der Waals surface area contributed by atoms with E-state index in [4.69, 9.17) is 9.47 Å². The number of ether oxygens (including phenoxy) is 2. The largest absolute Gasteiger partial charge is 0.483 e. The first kappa shape index (κ1) is 33.5. The maximum absolute atomic E-state index is 13.0. The van der Waals surface area contributed by atoms with Crippen LogP contribution in [0.5, 0.6) is 11.5 Å². The third kappa shape index (κ3) is 8.52. The van der Waals surface area contributed by atoms with Crippen molar-refractivity contribution in [2.75, 3.05) is 39.4 Å². The Balaban J connectivity index is 1.57. The minimum atomic E-state index is -0.115. The van der Waals surface area contributed by atoms with Crippen molar-refractivity contribution >= 4 is 11.8 Å². The van der Waals surface area contributed by atoms with Crippen LogP contribution < -0.4 is 9.47 Å². The summed E-state index contributed by atoms with van der Waals surface area (Å²) < 4.78 is 12.2. The predicted octanol–water partition coefficient (Wildman–Crippen LogP) is 7.01. The topological polar surface area (TPSA) is 59.1 Å². The maximum Gasteiger partial charge on any atom is 0.260 e. The maximum atomic E-state index is 13.0. The molecule has 0 atom stereocenters. The minimum Gasteiger partial charge on any atom is -0.483 e. The van der Waals surface area contributed by atoms with Crippen LogP contribution in [0, 0.1) is 0 Å². The SMILES string of the molecule is CC(C)(C)c1ccc(OCC(=O)N2CCN(C(=O)COc3ccc(C(C)(C)C)cc3C(C)(C)C)CC2)c(C(C)(C)C)c1. The third-order valence-corrected chi connectivity index (χ3v) is 7.99. The molecule has 1 heterocycles. The number of piperazine rings is 1. The number of carbonyl (C=O) groups excluding carboxylic acids is 2. The van der Waals surface area contributed by atoms with Gasteiger partial charge in [-0.1, -0.05) is 107 Å². The zero-order chi connectivity index (χ0) is 31.7. The molecule has 0 bridgehead atoms. The molecular weight excluding hydrogens is 524 g/mol. The van der Waals surface area contributed by atoms with Crippen LogP contribution in [0.1, 0.15) is 105 Å². The first-order valence-corrected chi connectivity index (χ1v) is 15.3. The number of hydrogen-bond donors (Lipinski definition) is 0. The fourth-order valence-electron chi connectivity index (χ4n) is 5.08. The van der Waals surface area contributed by atoms with Gasteiger partial charge in [-0.05, 0) is 56.0 Å². The van der Waals surface area contributed by atoms with E-state index in [2.05, 4.69) is 107 Å². The van der Waals surface area contributed by atoms with E-state index in [1.54, 1.807) is 9.80 Å². The molecule has 2 amide bonds. The predicted molar refractivity (Wildman–Crippen MR) is 172 cm³/mol. The van der Waals surface area contributed by atoms with Crippen LogP contribution in [0.3, 0.4) is 0 Å². The zero-order valence-electron chi connectivity index (χ0n) is 28.2. The Labute approximate surface area is 254 Å². The zero-order valence-corrected chi connectivity index (χ0v) is 28.2. The van der Waals surface area contributed by atoms with Gasteiger partial charge in [0, 0.05) is 26.2 Å². The third-order valence-electron chi connectivity index (χ3n) is 7.99. The van der Waals surface area contributed by atoms with E-state index in [0.717, 1.165) is 22.6 Å². The van der Waals surface area contributed by atoms with Gasteiger partial charge in [-0.2, -0.15) is 0 Å². The van der Waals surface area contributed by atoms with E-state index in [-0.39, 0.29) is 46.7 Å². The molecule has 0 spiro atoms. The van der Waals surface area contributed by atoms with E-state index in [1.165, 1.54) is 11.1 Å². The second-order valence-corrected chi connectivity index (χ2v) is 15.8. The lowest BCUT2D eigenvalue weighted by Gasteiger charge is -2.35. The molecule has 6 heteroatoms. The fourth-order valence-corrected chi connectivity index (χ4v) is 5.08. The van der Waals surface area contributed by atoms with Crippen molar-refractivity contribution in [2.24, 2.45) is 0 Å². The van der Waals surface area contributed by atoms with Gasteiger partial charge < -0.3 is 19.3 Å². The van der Waals surface area contributed by atoms with Crippen molar-refractivity contribution in [3.63, 3.8) is 0 Å². The average Bonchev–Trinajstić information content (AvgIpc) is 2.88. The smallest absolute Gasteiger partial charge is 0.260 e. The van der Waals surface area contributed by atoms with E-state index < -0.39 is 0 Å². The lowest BCUT2D eigenvalue weighted by atomic mass is 9.80. The molecule has 3 rings (SSSR count). The molecule has 0 radical (unpaired) electrons. The van der Waals surface area contributed by atoms with Crippen molar-refractivity contribution in [3.05, 3.63) is 58.7 Å². The van der Waals surface area contributed by atoms with E-state index in [9.17, 15) is 9.59 Å². The Morgan fingerprint density at radius 3 is 1.12 bits per heavy atom. The van der Waals surface area contributed by atoms with Crippen molar-refractivity contribution in [1.82, 2.24) is 9.80 Å². The van der Waals surface area contributed by atoms with Gasteiger partial charge >= 0.3 is 0 Å². The van der Waals surface area contributed by atoms with Gasteiger partial charge in [-0.25, -0.2) is 0 Å². The van der Waals surface area contributed by atoms with Crippen LogP contribution in [0.4, 0.5) is 0 Å². The summed E-state index contributed by atoms with van der Waals surface area (Å²) in [5, 5.41) is 0. The van der Waals surface area contributed by atoms with Gasteiger partial charge in [0.2, 0.25) is 0 Å². The van der Waals surface area contributed by atoms with Crippen molar-refractivity contribution in [3.8, 4) is 11.5 Å². The van der Waals surface area contributed by atoms with Gasteiger partial charge in [0.25, 0.3) is 11.8 Å². The monoisotopic (exact) mass is 578 g/mol. The number of nitrogens with zero attached hydrogens (tertiary/aromatic N) is 2. The summed E-state index contributed by atoms with van der Waals surface area (Å²) in [6, 6.07) is 12.6. The van der Waals surface area contributed by atoms with E-state index >= 15 is 0 Å². The first-order valence-electron chi connectivity index (χ1n) is 15.3. The summed E-state index contributed by atoms with van der Waals surface area (Å²) in [5.41, 5.74) is 4.51. The molecule has 232 valence electrons.